The summed E-state index contributed by atoms with van der Waals surface area (Å²) in [6.45, 7) is 4.19. The molecule has 0 aromatic rings. The van der Waals surface area contributed by atoms with Gasteiger partial charge in [-0.05, 0) is 26.2 Å². The Bertz CT molecular complexity index is 245. The molecule has 0 radical (unpaired) electrons. The van der Waals surface area contributed by atoms with Crippen LogP contribution in [-0.4, -0.2) is 26.7 Å². The Morgan fingerprint density at radius 3 is 2.56 bits per heavy atom. The second-order valence-corrected chi connectivity index (χ2v) is 7.25. The first-order valence-corrected chi connectivity index (χ1v) is 7.06. The summed E-state index contributed by atoms with van der Waals surface area (Å²) in [4.78, 5) is 11.7. The summed E-state index contributed by atoms with van der Waals surface area (Å²) in [5.74, 6) is -0.169. The van der Waals surface area contributed by atoms with E-state index in [9.17, 15) is 9.90 Å². The fourth-order valence-electron chi connectivity index (χ4n) is 1.91. The molecule has 0 saturated heterocycles. The van der Waals surface area contributed by atoms with Crippen molar-refractivity contribution in [2.45, 2.75) is 61.4 Å². The van der Waals surface area contributed by atoms with Crippen molar-refractivity contribution in [3.05, 3.63) is 0 Å². The molecule has 1 aliphatic rings. The van der Waals surface area contributed by atoms with Gasteiger partial charge in [-0.3, -0.25) is 4.79 Å². The van der Waals surface area contributed by atoms with Gasteiger partial charge in [0, 0.05) is 6.42 Å². The van der Waals surface area contributed by atoms with E-state index >= 15 is 0 Å². The van der Waals surface area contributed by atoms with Crippen molar-refractivity contribution in [2.24, 2.45) is 0 Å². The Kier molecular flexibility index (Phi) is 5.04. The zero-order chi connectivity index (χ0) is 12.2. The molecule has 0 bridgehead atoms. The zero-order valence-corrected chi connectivity index (χ0v) is 12.2. The van der Waals surface area contributed by atoms with E-state index in [1.165, 1.54) is 0 Å². The Morgan fingerprint density at radius 2 is 2.06 bits per heavy atom. The van der Waals surface area contributed by atoms with Crippen molar-refractivity contribution >= 4 is 28.6 Å². The van der Waals surface area contributed by atoms with Gasteiger partial charge in [-0.1, -0.05) is 42.4 Å². The number of rotatable bonds is 5. The first kappa shape index (κ1) is 14.2. The van der Waals surface area contributed by atoms with Gasteiger partial charge in [0.25, 0.3) is 0 Å². The lowest BCUT2D eigenvalue weighted by molar-refractivity contribution is -0.147. The number of esters is 1. The van der Waals surface area contributed by atoms with Crippen LogP contribution in [0, 0.1) is 0 Å². The number of aliphatic hydroxyl groups is 1. The molecule has 94 valence electrons. The van der Waals surface area contributed by atoms with Crippen LogP contribution in [0.2, 0.25) is 0 Å². The SMILES string of the molecule is CCC(C)(I)C(=O)OCCC1(O)CCCC1. The van der Waals surface area contributed by atoms with Gasteiger partial charge in [-0.25, -0.2) is 0 Å². The highest BCUT2D eigenvalue weighted by molar-refractivity contribution is 14.1. The molecule has 1 N–H and O–H groups in total. The number of halogens is 1. The predicted molar refractivity (Wildman–Crippen MR) is 71.7 cm³/mol. The van der Waals surface area contributed by atoms with E-state index in [0.29, 0.717) is 13.0 Å². The van der Waals surface area contributed by atoms with Crippen LogP contribution in [0.3, 0.4) is 0 Å². The van der Waals surface area contributed by atoms with Crippen molar-refractivity contribution in [1.29, 1.82) is 0 Å². The topological polar surface area (TPSA) is 46.5 Å². The maximum atomic E-state index is 11.7. The smallest absolute Gasteiger partial charge is 0.321 e. The molecule has 1 rings (SSSR count). The first-order valence-electron chi connectivity index (χ1n) is 5.98. The maximum Gasteiger partial charge on any atom is 0.321 e. The van der Waals surface area contributed by atoms with E-state index in [1.807, 2.05) is 13.8 Å². The lowest BCUT2D eigenvalue weighted by Gasteiger charge is -2.23. The molecule has 16 heavy (non-hydrogen) atoms. The summed E-state index contributed by atoms with van der Waals surface area (Å²) in [6, 6.07) is 0. The molecule has 4 heteroatoms. The average Bonchev–Trinajstić information content (AvgIpc) is 2.65. The molecule has 0 aromatic heterocycles. The molecule has 0 spiro atoms. The predicted octanol–water partition coefficient (Wildman–Crippen LogP) is 2.83. The van der Waals surface area contributed by atoms with Gasteiger partial charge in [-0.2, -0.15) is 0 Å². The van der Waals surface area contributed by atoms with Crippen LogP contribution in [0.15, 0.2) is 0 Å². The van der Waals surface area contributed by atoms with Crippen LogP contribution in [0.4, 0.5) is 0 Å². The third-order valence-electron chi connectivity index (χ3n) is 3.42. The molecule has 0 aromatic carbocycles. The van der Waals surface area contributed by atoms with Crippen LogP contribution in [-0.2, 0) is 9.53 Å². The van der Waals surface area contributed by atoms with E-state index in [-0.39, 0.29) is 5.97 Å². The van der Waals surface area contributed by atoms with Crippen LogP contribution in [0.1, 0.15) is 52.4 Å². The highest BCUT2D eigenvalue weighted by Gasteiger charge is 2.33. The van der Waals surface area contributed by atoms with Crippen LogP contribution in [0.5, 0.6) is 0 Å². The standard InChI is InChI=1S/C12H21IO3/c1-3-11(2,13)10(14)16-9-8-12(15)6-4-5-7-12/h15H,3-9H2,1-2H3. The van der Waals surface area contributed by atoms with Gasteiger partial charge in [0.2, 0.25) is 0 Å². The molecular weight excluding hydrogens is 319 g/mol. The monoisotopic (exact) mass is 340 g/mol. The maximum absolute atomic E-state index is 11.7. The zero-order valence-electron chi connectivity index (χ0n) is 10.1. The van der Waals surface area contributed by atoms with Crippen molar-refractivity contribution < 1.29 is 14.6 Å². The summed E-state index contributed by atoms with van der Waals surface area (Å²) < 4.78 is 4.78. The number of hydrogen-bond acceptors (Lipinski definition) is 3. The number of hydrogen-bond donors (Lipinski definition) is 1. The van der Waals surface area contributed by atoms with E-state index in [1.54, 1.807) is 0 Å². The number of alkyl halides is 1. The quantitative estimate of drug-likeness (QED) is 0.476. The lowest BCUT2D eigenvalue weighted by Crippen LogP contribution is -2.32. The molecule has 0 aliphatic heterocycles. The number of ether oxygens (including phenoxy) is 1. The summed E-state index contributed by atoms with van der Waals surface area (Å²) in [5, 5.41) is 10.1. The fraction of sp³-hybridized carbons (Fsp3) is 0.917. The van der Waals surface area contributed by atoms with E-state index < -0.39 is 9.02 Å². The number of carbonyl (C=O) groups excluding carboxylic acids is 1. The van der Waals surface area contributed by atoms with Crippen LogP contribution in [0.25, 0.3) is 0 Å². The average molecular weight is 340 g/mol. The van der Waals surface area contributed by atoms with Gasteiger partial charge < -0.3 is 9.84 Å². The minimum Gasteiger partial charge on any atom is -0.465 e. The van der Waals surface area contributed by atoms with Crippen molar-refractivity contribution in [3.63, 3.8) is 0 Å². The third kappa shape index (κ3) is 3.87. The second-order valence-electron chi connectivity index (χ2n) is 4.87. The van der Waals surface area contributed by atoms with Crippen molar-refractivity contribution in [3.8, 4) is 0 Å². The van der Waals surface area contributed by atoms with Crippen molar-refractivity contribution in [1.82, 2.24) is 0 Å². The molecule has 3 nitrogen and oxygen atoms in total. The largest absolute Gasteiger partial charge is 0.465 e. The fourth-order valence-corrected chi connectivity index (χ4v) is 2.07. The first-order chi connectivity index (χ1) is 7.40. The minimum absolute atomic E-state index is 0.169. The van der Waals surface area contributed by atoms with Crippen LogP contribution < -0.4 is 0 Å². The molecule has 1 aliphatic carbocycles. The van der Waals surface area contributed by atoms with Gasteiger partial charge in [0.15, 0.2) is 0 Å². The second kappa shape index (κ2) is 5.67. The minimum atomic E-state index is -0.575. The van der Waals surface area contributed by atoms with E-state index in [4.69, 9.17) is 4.74 Å². The molecule has 0 amide bonds. The molecule has 1 saturated carbocycles. The summed E-state index contributed by atoms with van der Waals surface area (Å²) >= 11 is 2.12. The Morgan fingerprint density at radius 1 is 1.50 bits per heavy atom. The molecular formula is C12H21IO3. The van der Waals surface area contributed by atoms with Gasteiger partial charge in [0.05, 0.1) is 12.2 Å². The van der Waals surface area contributed by atoms with Gasteiger partial charge in [-0.15, -0.1) is 0 Å². The van der Waals surface area contributed by atoms with Gasteiger partial charge >= 0.3 is 5.97 Å². The molecule has 1 unspecified atom stereocenters. The highest BCUT2D eigenvalue weighted by Crippen LogP contribution is 2.32. The van der Waals surface area contributed by atoms with Crippen molar-refractivity contribution in [2.75, 3.05) is 6.61 Å². The van der Waals surface area contributed by atoms with Gasteiger partial charge in [0.1, 0.15) is 3.42 Å². The summed E-state index contributed by atoms with van der Waals surface area (Å²) in [5.41, 5.74) is -0.575. The number of carbonyl (C=O) groups is 1. The van der Waals surface area contributed by atoms with Crippen LogP contribution >= 0.6 is 22.6 Å². The van der Waals surface area contributed by atoms with E-state index in [0.717, 1.165) is 32.1 Å². The molecule has 0 heterocycles. The van der Waals surface area contributed by atoms with E-state index in [2.05, 4.69) is 22.6 Å². The normalized spacial score (nSPS) is 22.8. The molecule has 1 fully saturated rings. The Balaban J connectivity index is 2.27. The molecule has 1 atom stereocenters. The lowest BCUT2D eigenvalue weighted by atomic mass is 9.99. The summed E-state index contributed by atoms with van der Waals surface area (Å²) in [7, 11) is 0. The Hall–Kier alpha value is 0.160. The third-order valence-corrected chi connectivity index (χ3v) is 4.63. The highest BCUT2D eigenvalue weighted by atomic mass is 127. The summed E-state index contributed by atoms with van der Waals surface area (Å²) in [6.07, 6.45) is 5.21. The Labute approximate surface area is 111 Å².